The molecule has 2 aromatic rings. The Hall–Kier alpha value is -3.06. The zero-order valence-corrected chi connectivity index (χ0v) is 21.2. The van der Waals surface area contributed by atoms with Crippen molar-refractivity contribution in [3.8, 4) is 5.75 Å². The Kier molecular flexibility index (Phi) is 8.78. The minimum atomic E-state index is -0.499. The molecule has 1 fully saturated rings. The summed E-state index contributed by atoms with van der Waals surface area (Å²) in [7, 11) is 1.55. The number of aliphatic hydroxyl groups is 1. The van der Waals surface area contributed by atoms with E-state index in [4.69, 9.17) is 9.47 Å². The van der Waals surface area contributed by atoms with Crippen molar-refractivity contribution in [1.29, 1.82) is 0 Å². The van der Waals surface area contributed by atoms with E-state index in [-0.39, 0.29) is 35.5 Å². The number of amides is 2. The van der Waals surface area contributed by atoms with Gasteiger partial charge in [0.25, 0.3) is 5.91 Å². The van der Waals surface area contributed by atoms with E-state index in [2.05, 4.69) is 22.8 Å². The fourth-order valence-corrected chi connectivity index (χ4v) is 4.66. The number of nitrogens with one attached hydrogen (secondary N) is 2. The lowest BCUT2D eigenvalue weighted by molar-refractivity contribution is 0.0472. The second kappa shape index (κ2) is 11.6. The van der Waals surface area contributed by atoms with E-state index >= 15 is 0 Å². The summed E-state index contributed by atoms with van der Waals surface area (Å²) in [5.41, 5.74) is 1.14. The lowest BCUT2D eigenvalue weighted by Gasteiger charge is -2.41. The van der Waals surface area contributed by atoms with Gasteiger partial charge in [-0.25, -0.2) is 4.79 Å². The lowest BCUT2D eigenvalue weighted by atomic mass is 9.68. The van der Waals surface area contributed by atoms with E-state index in [1.807, 2.05) is 51.1 Å². The number of para-hydroxylation sites is 1. The van der Waals surface area contributed by atoms with Crippen molar-refractivity contribution >= 4 is 12.0 Å². The van der Waals surface area contributed by atoms with Gasteiger partial charge in [-0.1, -0.05) is 63.2 Å². The van der Waals surface area contributed by atoms with Gasteiger partial charge in [-0.3, -0.25) is 4.79 Å². The topological polar surface area (TPSA) is 96.9 Å². The maximum atomic E-state index is 13.0. The van der Waals surface area contributed by atoms with E-state index < -0.39 is 6.09 Å². The Balaban J connectivity index is 1.66. The molecule has 1 aliphatic rings. The number of carbonyl (C=O) groups is 2. The molecule has 1 saturated carbocycles. The molecule has 7 nitrogen and oxygen atoms in total. The van der Waals surface area contributed by atoms with Gasteiger partial charge in [-0.2, -0.15) is 0 Å². The average Bonchev–Trinajstić information content (AvgIpc) is 2.86. The second-order valence-corrected chi connectivity index (χ2v) is 10.4. The van der Waals surface area contributed by atoms with E-state index in [9.17, 15) is 14.7 Å². The predicted octanol–water partition coefficient (Wildman–Crippen LogP) is 4.44. The minimum Gasteiger partial charge on any atom is -0.496 e. The van der Waals surface area contributed by atoms with Crippen LogP contribution in [0.2, 0.25) is 0 Å². The number of hydrogen-bond donors (Lipinski definition) is 3. The zero-order valence-electron chi connectivity index (χ0n) is 21.2. The summed E-state index contributed by atoms with van der Waals surface area (Å²) in [5, 5.41) is 15.5. The highest BCUT2D eigenvalue weighted by molar-refractivity contribution is 5.97. The Labute approximate surface area is 208 Å². The fraction of sp³-hybridized carbons (Fsp3) is 0.500. The molecule has 7 heteroatoms. The number of ether oxygens (including phenoxy) is 2. The quantitative estimate of drug-likeness (QED) is 0.517. The van der Waals surface area contributed by atoms with Gasteiger partial charge in [-0.15, -0.1) is 0 Å². The van der Waals surface area contributed by atoms with E-state index in [0.29, 0.717) is 30.7 Å². The summed E-state index contributed by atoms with van der Waals surface area (Å²) in [5.74, 6) is 0.367. The van der Waals surface area contributed by atoms with Gasteiger partial charge in [-0.05, 0) is 48.8 Å². The molecular formula is C28H38N2O5. The molecule has 0 bridgehead atoms. The first-order valence-electron chi connectivity index (χ1n) is 12.2. The van der Waals surface area contributed by atoms with Crippen LogP contribution in [-0.2, 0) is 10.2 Å². The third-order valence-electron chi connectivity index (χ3n) is 7.01. The fourth-order valence-electron chi connectivity index (χ4n) is 4.66. The van der Waals surface area contributed by atoms with Crippen LogP contribution >= 0.6 is 0 Å². The molecule has 1 aliphatic carbocycles. The molecule has 3 N–H and O–H groups in total. The highest BCUT2D eigenvalue weighted by Gasteiger charge is 2.39. The van der Waals surface area contributed by atoms with Gasteiger partial charge >= 0.3 is 6.09 Å². The molecule has 1 atom stereocenters. The van der Waals surface area contributed by atoms with Crippen LogP contribution < -0.4 is 15.4 Å². The van der Waals surface area contributed by atoms with Crippen LogP contribution in [-0.4, -0.2) is 49.5 Å². The SMILES string of the molecule is COc1ccccc1C(=O)NCC1(c2ccccc2)CCC(OC(=O)N[C@H](CO)C(C)(C)C)CC1. The smallest absolute Gasteiger partial charge is 0.407 e. The standard InChI is InChI=1S/C28H38N2O5/c1-27(2,3)24(18-31)30-26(33)35-21-14-16-28(17-15-21,20-10-6-5-7-11-20)19-29-25(32)22-12-8-9-13-23(22)34-4/h5-13,21,24,31H,14-19H2,1-4H3,(H,29,32)(H,30,33)/t21?,24-,28?/m1/s1. The van der Waals surface area contributed by atoms with Crippen molar-refractivity contribution in [2.45, 2.75) is 64.0 Å². The molecule has 190 valence electrons. The Morgan fingerprint density at radius 3 is 2.29 bits per heavy atom. The van der Waals surface area contributed by atoms with Crippen LogP contribution in [0, 0.1) is 5.41 Å². The Morgan fingerprint density at radius 1 is 1.06 bits per heavy atom. The third kappa shape index (κ3) is 6.75. The summed E-state index contributed by atoms with van der Waals surface area (Å²) in [4.78, 5) is 25.5. The summed E-state index contributed by atoms with van der Waals surface area (Å²) in [6.07, 6.45) is 2.20. The van der Waals surface area contributed by atoms with Crippen molar-refractivity contribution in [3.63, 3.8) is 0 Å². The molecule has 2 amide bonds. The Bertz CT molecular complexity index is 978. The van der Waals surface area contributed by atoms with Crippen LogP contribution in [0.5, 0.6) is 5.75 Å². The van der Waals surface area contributed by atoms with Crippen molar-refractivity contribution in [2.24, 2.45) is 5.41 Å². The van der Waals surface area contributed by atoms with Crippen LogP contribution in [0.15, 0.2) is 54.6 Å². The highest BCUT2D eigenvalue weighted by Crippen LogP contribution is 2.40. The maximum absolute atomic E-state index is 13.0. The van der Waals surface area contributed by atoms with E-state index in [1.54, 1.807) is 19.2 Å². The van der Waals surface area contributed by atoms with Gasteiger partial charge in [0, 0.05) is 12.0 Å². The molecule has 0 saturated heterocycles. The number of carbonyl (C=O) groups excluding carboxylic acids is 2. The molecule has 3 rings (SSSR count). The molecular weight excluding hydrogens is 444 g/mol. The van der Waals surface area contributed by atoms with Crippen molar-refractivity contribution < 1.29 is 24.2 Å². The number of hydrogen-bond acceptors (Lipinski definition) is 5. The van der Waals surface area contributed by atoms with Crippen molar-refractivity contribution in [3.05, 3.63) is 65.7 Å². The van der Waals surface area contributed by atoms with Crippen LogP contribution in [0.3, 0.4) is 0 Å². The van der Waals surface area contributed by atoms with Gasteiger partial charge in [0.2, 0.25) is 0 Å². The number of rotatable bonds is 8. The first-order chi connectivity index (χ1) is 16.7. The van der Waals surface area contributed by atoms with Crippen LogP contribution in [0.25, 0.3) is 0 Å². The predicted molar refractivity (Wildman–Crippen MR) is 136 cm³/mol. The zero-order chi connectivity index (χ0) is 25.5. The molecule has 0 spiro atoms. The highest BCUT2D eigenvalue weighted by atomic mass is 16.6. The van der Waals surface area contributed by atoms with Gasteiger partial charge < -0.3 is 25.2 Å². The monoisotopic (exact) mass is 482 g/mol. The van der Waals surface area contributed by atoms with Crippen LogP contribution in [0.4, 0.5) is 4.79 Å². The summed E-state index contributed by atoms with van der Waals surface area (Å²) in [6.45, 7) is 6.21. The molecule has 0 aromatic heterocycles. The normalized spacial score (nSPS) is 21.0. The molecule has 0 heterocycles. The molecule has 0 radical (unpaired) electrons. The second-order valence-electron chi connectivity index (χ2n) is 10.4. The van der Waals surface area contributed by atoms with Crippen molar-refractivity contribution in [2.75, 3.05) is 20.3 Å². The third-order valence-corrected chi connectivity index (χ3v) is 7.01. The molecule has 0 unspecified atom stereocenters. The molecule has 0 aliphatic heterocycles. The summed E-state index contributed by atoms with van der Waals surface area (Å²) < 4.78 is 11.1. The number of aliphatic hydroxyl groups excluding tert-OH is 1. The number of methoxy groups -OCH3 is 1. The largest absolute Gasteiger partial charge is 0.496 e. The summed E-state index contributed by atoms with van der Waals surface area (Å²) >= 11 is 0. The number of alkyl carbamates (subject to hydrolysis) is 1. The molecule has 2 aromatic carbocycles. The van der Waals surface area contributed by atoms with E-state index in [1.165, 1.54) is 0 Å². The van der Waals surface area contributed by atoms with Gasteiger partial charge in [0.15, 0.2) is 0 Å². The Morgan fingerprint density at radius 2 is 1.69 bits per heavy atom. The maximum Gasteiger partial charge on any atom is 0.407 e. The van der Waals surface area contributed by atoms with Gasteiger partial charge in [0.1, 0.15) is 11.9 Å². The van der Waals surface area contributed by atoms with Crippen LogP contribution in [0.1, 0.15) is 62.4 Å². The molecule has 35 heavy (non-hydrogen) atoms. The van der Waals surface area contributed by atoms with Gasteiger partial charge in [0.05, 0.1) is 25.3 Å². The first-order valence-corrected chi connectivity index (χ1v) is 12.2. The van der Waals surface area contributed by atoms with Crippen molar-refractivity contribution in [1.82, 2.24) is 10.6 Å². The number of benzene rings is 2. The lowest BCUT2D eigenvalue weighted by Crippen LogP contribution is -2.48. The first kappa shape index (κ1) is 26.5. The minimum absolute atomic E-state index is 0.147. The summed E-state index contributed by atoms with van der Waals surface area (Å²) in [6, 6.07) is 17.0. The average molecular weight is 483 g/mol. The van der Waals surface area contributed by atoms with E-state index in [0.717, 1.165) is 18.4 Å².